The van der Waals surface area contributed by atoms with Gasteiger partial charge in [0, 0.05) is 17.6 Å². The van der Waals surface area contributed by atoms with Crippen LogP contribution in [0.1, 0.15) is 92.1 Å². The number of carbonyl (C=O) groups is 1. The lowest BCUT2D eigenvalue weighted by Crippen LogP contribution is -2.39. The Hall–Kier alpha value is -2.95. The first-order valence-corrected chi connectivity index (χ1v) is 13.0. The molecule has 0 spiro atoms. The Morgan fingerprint density at radius 2 is 1.56 bits per heavy atom. The zero-order valence-electron chi connectivity index (χ0n) is 20.4. The van der Waals surface area contributed by atoms with Gasteiger partial charge in [-0.1, -0.05) is 87.6 Å². The lowest BCUT2D eigenvalue weighted by molar-refractivity contribution is 0.0929. The van der Waals surface area contributed by atoms with Gasteiger partial charge in [0.2, 0.25) is 0 Å². The molecule has 0 bridgehead atoms. The molecule has 180 valence electrons. The van der Waals surface area contributed by atoms with Crippen LogP contribution in [0.5, 0.6) is 0 Å². The van der Waals surface area contributed by atoms with E-state index in [-0.39, 0.29) is 23.1 Å². The summed E-state index contributed by atoms with van der Waals surface area (Å²) >= 11 is 0. The van der Waals surface area contributed by atoms with Gasteiger partial charge >= 0.3 is 0 Å². The molecule has 2 aromatic heterocycles. The average Bonchev–Trinajstić information content (AvgIpc) is 2.83. The molecule has 0 atom stereocenters. The van der Waals surface area contributed by atoms with E-state index in [2.05, 4.69) is 10.3 Å². The number of rotatable bonds is 4. The molecular weight excluding hydrogens is 422 g/mol. The van der Waals surface area contributed by atoms with Crippen molar-refractivity contribution in [1.29, 1.82) is 0 Å². The Morgan fingerprint density at radius 3 is 2.21 bits per heavy atom. The van der Waals surface area contributed by atoms with Crippen LogP contribution >= 0.6 is 0 Å². The van der Waals surface area contributed by atoms with Crippen LogP contribution < -0.4 is 10.9 Å². The number of hydrogen-bond acceptors (Lipinski definition) is 3. The molecule has 0 saturated heterocycles. The summed E-state index contributed by atoms with van der Waals surface area (Å²) in [7, 11) is 0. The lowest BCUT2D eigenvalue weighted by atomic mass is 9.97. The van der Waals surface area contributed by atoms with Crippen molar-refractivity contribution >= 4 is 16.9 Å². The molecular formula is C29H37N3O2. The maximum atomic E-state index is 13.5. The van der Waals surface area contributed by atoms with Gasteiger partial charge in [-0.05, 0) is 43.5 Å². The van der Waals surface area contributed by atoms with Gasteiger partial charge in [0.25, 0.3) is 11.5 Å². The number of nitrogens with zero attached hydrogens (tertiary/aromatic N) is 2. The highest BCUT2D eigenvalue weighted by atomic mass is 16.2. The lowest BCUT2D eigenvalue weighted by Gasteiger charge is -2.20. The first-order chi connectivity index (χ1) is 16.6. The number of benzene rings is 1. The summed E-state index contributed by atoms with van der Waals surface area (Å²) in [6.45, 7) is 2.43. The molecule has 0 aliphatic heterocycles. The first-order valence-electron chi connectivity index (χ1n) is 13.0. The molecule has 1 saturated carbocycles. The summed E-state index contributed by atoms with van der Waals surface area (Å²) in [4.78, 5) is 31.3. The van der Waals surface area contributed by atoms with Gasteiger partial charge < -0.3 is 5.32 Å². The summed E-state index contributed by atoms with van der Waals surface area (Å²) in [6, 6.07) is 13.7. The van der Waals surface area contributed by atoms with E-state index in [0.29, 0.717) is 12.2 Å². The Balaban J connectivity index is 1.58. The number of aromatic nitrogens is 2. The first kappa shape index (κ1) is 24.2. The Morgan fingerprint density at radius 1 is 0.941 bits per heavy atom. The Bertz CT molecular complexity index is 1140. The van der Waals surface area contributed by atoms with Crippen LogP contribution in [0.2, 0.25) is 0 Å². The van der Waals surface area contributed by atoms with Gasteiger partial charge in [-0.3, -0.25) is 14.2 Å². The minimum absolute atomic E-state index is 0.126. The van der Waals surface area contributed by atoms with E-state index in [4.69, 9.17) is 0 Å². The Kier molecular flexibility index (Phi) is 8.51. The van der Waals surface area contributed by atoms with E-state index >= 15 is 0 Å². The number of pyridine rings is 2. The molecule has 5 nitrogen and oxygen atoms in total. The third-order valence-corrected chi connectivity index (χ3v) is 6.99. The molecule has 2 heterocycles. The smallest absolute Gasteiger partial charge is 0.265 e. The van der Waals surface area contributed by atoms with Gasteiger partial charge in [0.15, 0.2) is 0 Å². The minimum atomic E-state index is -0.280. The number of amides is 1. The summed E-state index contributed by atoms with van der Waals surface area (Å²) in [5.41, 5.74) is 2.72. The molecule has 34 heavy (non-hydrogen) atoms. The van der Waals surface area contributed by atoms with Crippen molar-refractivity contribution in [3.8, 4) is 0 Å². The average molecular weight is 460 g/mol. The van der Waals surface area contributed by atoms with Crippen molar-refractivity contribution in [2.75, 3.05) is 0 Å². The van der Waals surface area contributed by atoms with Gasteiger partial charge in [0.1, 0.15) is 11.2 Å². The van der Waals surface area contributed by atoms with Crippen LogP contribution in [-0.4, -0.2) is 21.5 Å². The monoisotopic (exact) mass is 459 g/mol. The molecule has 5 heteroatoms. The molecule has 1 amide bonds. The van der Waals surface area contributed by atoms with E-state index in [1.165, 1.54) is 50.5 Å². The second-order valence-corrected chi connectivity index (χ2v) is 9.78. The topological polar surface area (TPSA) is 64.0 Å². The van der Waals surface area contributed by atoms with Crippen molar-refractivity contribution in [3.05, 3.63) is 75.7 Å². The molecule has 0 unspecified atom stereocenters. The number of fused-ring (bicyclic) bond motifs is 1. The molecule has 1 aliphatic carbocycles. The largest absolute Gasteiger partial charge is 0.349 e. The van der Waals surface area contributed by atoms with Crippen molar-refractivity contribution in [2.24, 2.45) is 0 Å². The number of carbonyl (C=O) groups excluding carboxylic acids is 1. The van der Waals surface area contributed by atoms with E-state index < -0.39 is 0 Å². The zero-order valence-corrected chi connectivity index (χ0v) is 20.4. The summed E-state index contributed by atoms with van der Waals surface area (Å²) < 4.78 is 1.63. The van der Waals surface area contributed by atoms with Crippen LogP contribution in [0.4, 0.5) is 0 Å². The van der Waals surface area contributed by atoms with Crippen molar-refractivity contribution in [2.45, 2.75) is 90.1 Å². The number of nitrogens with one attached hydrogen (secondary N) is 1. The molecule has 0 radical (unpaired) electrons. The van der Waals surface area contributed by atoms with E-state index in [0.717, 1.165) is 36.6 Å². The third-order valence-electron chi connectivity index (χ3n) is 6.99. The highest BCUT2D eigenvalue weighted by Crippen LogP contribution is 2.18. The van der Waals surface area contributed by atoms with E-state index in [9.17, 15) is 9.59 Å². The van der Waals surface area contributed by atoms with Gasteiger partial charge in [-0.25, -0.2) is 4.98 Å². The molecule has 1 fully saturated rings. The fourth-order valence-corrected chi connectivity index (χ4v) is 4.96. The van der Waals surface area contributed by atoms with Gasteiger partial charge in [0.05, 0.1) is 6.54 Å². The SMILES string of the molecule is Cc1ccc(Cn2c(=O)c(C(=O)NC3CCCCCCCCCCC3)cc3cccnc32)cc1. The third kappa shape index (κ3) is 6.34. The predicted molar refractivity (Wildman–Crippen MR) is 138 cm³/mol. The van der Waals surface area contributed by atoms with Crippen molar-refractivity contribution in [3.63, 3.8) is 0 Å². The quantitative estimate of drug-likeness (QED) is 0.508. The highest BCUT2D eigenvalue weighted by molar-refractivity contribution is 5.97. The fourth-order valence-electron chi connectivity index (χ4n) is 4.96. The number of aryl methyl sites for hydroxylation is 1. The van der Waals surface area contributed by atoms with E-state index in [1.807, 2.05) is 43.3 Å². The molecule has 4 rings (SSSR count). The molecule has 1 N–H and O–H groups in total. The second kappa shape index (κ2) is 12.0. The second-order valence-electron chi connectivity index (χ2n) is 9.78. The zero-order chi connectivity index (χ0) is 23.8. The normalized spacial score (nSPS) is 16.5. The van der Waals surface area contributed by atoms with Crippen LogP contribution in [0, 0.1) is 6.92 Å². The Labute approximate surface area is 202 Å². The maximum absolute atomic E-state index is 13.5. The molecule has 1 aromatic carbocycles. The van der Waals surface area contributed by atoms with Crippen molar-refractivity contribution in [1.82, 2.24) is 14.9 Å². The van der Waals surface area contributed by atoms with Gasteiger partial charge in [-0.2, -0.15) is 0 Å². The summed E-state index contributed by atoms with van der Waals surface area (Å²) in [5, 5.41) is 4.02. The molecule has 3 aromatic rings. The minimum Gasteiger partial charge on any atom is -0.349 e. The van der Waals surface area contributed by atoms with Crippen molar-refractivity contribution < 1.29 is 4.79 Å². The van der Waals surface area contributed by atoms with Crippen LogP contribution in [0.15, 0.2) is 53.5 Å². The highest BCUT2D eigenvalue weighted by Gasteiger charge is 2.20. The number of hydrogen-bond donors (Lipinski definition) is 1. The maximum Gasteiger partial charge on any atom is 0.265 e. The van der Waals surface area contributed by atoms with Crippen LogP contribution in [-0.2, 0) is 6.54 Å². The standard InChI is InChI=1S/C29H37N3O2/c1-22-15-17-23(18-16-22)21-32-27-24(12-11-19-30-27)20-26(29(32)34)28(33)31-25-13-9-7-5-3-2-4-6-8-10-14-25/h11-12,15-20,25H,2-10,13-14,21H2,1H3,(H,31,33). The summed E-state index contributed by atoms with van der Waals surface area (Å²) in [5.74, 6) is -0.259. The molecule has 1 aliphatic rings. The summed E-state index contributed by atoms with van der Waals surface area (Å²) in [6.07, 6.45) is 14.9. The van der Waals surface area contributed by atoms with Crippen LogP contribution in [0.3, 0.4) is 0 Å². The van der Waals surface area contributed by atoms with Gasteiger partial charge in [-0.15, -0.1) is 0 Å². The predicted octanol–water partition coefficient (Wildman–Crippen LogP) is 6.16. The van der Waals surface area contributed by atoms with Crippen LogP contribution in [0.25, 0.3) is 11.0 Å². The van der Waals surface area contributed by atoms with E-state index in [1.54, 1.807) is 16.8 Å². The fraction of sp³-hybridized carbons (Fsp3) is 0.483.